The standard InChI is InChI=1S/C37H45N3/c1-6-11-12-15-28-40(10-5)32-24-20-30(21-25-32)37(29-18-22-31(23-19-29)39(8-3)9-4)35-26-27-36(38-7-2)34-17-14-13-16-33(34)35/h13-14,16-18,20-22,24-27H,6-12,15,28H2,1-5H3/p+1. The number of hydrogen-bond acceptors (Lipinski definition) is 2. The number of nitrogens with one attached hydrogen (secondary N) is 1. The van der Waals surface area contributed by atoms with Crippen LogP contribution in [-0.4, -0.2) is 43.0 Å². The van der Waals surface area contributed by atoms with Gasteiger partial charge in [-0.3, -0.25) is 0 Å². The molecule has 1 aliphatic rings. The van der Waals surface area contributed by atoms with Gasteiger partial charge in [0.2, 0.25) is 0 Å². The first kappa shape index (κ1) is 29.2. The summed E-state index contributed by atoms with van der Waals surface area (Å²) in [7, 11) is 0. The van der Waals surface area contributed by atoms with E-state index in [1.807, 2.05) is 0 Å². The molecule has 1 N–H and O–H groups in total. The van der Waals surface area contributed by atoms with E-state index in [9.17, 15) is 0 Å². The first-order valence-electron chi connectivity index (χ1n) is 15.3. The molecule has 3 heteroatoms. The molecule has 0 aliphatic heterocycles. The van der Waals surface area contributed by atoms with Crippen LogP contribution in [0.3, 0.4) is 0 Å². The molecule has 4 rings (SSSR count). The summed E-state index contributed by atoms with van der Waals surface area (Å²) in [6.07, 6.45) is 9.54. The minimum absolute atomic E-state index is 0.892. The summed E-state index contributed by atoms with van der Waals surface area (Å²) in [6, 6.07) is 22.4. The van der Waals surface area contributed by atoms with Crippen molar-refractivity contribution in [3.63, 3.8) is 0 Å². The van der Waals surface area contributed by atoms with E-state index in [0.717, 1.165) is 44.0 Å². The first-order chi connectivity index (χ1) is 19.6. The minimum atomic E-state index is 0.892. The van der Waals surface area contributed by atoms with Gasteiger partial charge in [-0.05, 0) is 74.9 Å². The van der Waals surface area contributed by atoms with E-state index in [2.05, 4.69) is 134 Å². The summed E-state index contributed by atoms with van der Waals surface area (Å²) in [5.74, 6) is 7.02. The number of hydrogen-bond donors (Lipinski definition) is 1. The Morgan fingerprint density at radius 2 is 1.52 bits per heavy atom. The van der Waals surface area contributed by atoms with Crippen molar-refractivity contribution in [3.8, 4) is 11.8 Å². The van der Waals surface area contributed by atoms with Crippen LogP contribution in [0.4, 0.5) is 11.4 Å². The Kier molecular flexibility index (Phi) is 10.6. The highest BCUT2D eigenvalue weighted by molar-refractivity contribution is 6.10. The Labute approximate surface area is 242 Å². The summed E-state index contributed by atoms with van der Waals surface area (Å²) in [5.41, 5.74) is 8.24. The van der Waals surface area contributed by atoms with Gasteiger partial charge in [-0.1, -0.05) is 74.6 Å². The van der Waals surface area contributed by atoms with E-state index >= 15 is 0 Å². The highest BCUT2D eigenvalue weighted by Crippen LogP contribution is 2.37. The maximum absolute atomic E-state index is 3.55. The second-order valence-electron chi connectivity index (χ2n) is 10.4. The Hall–Kier alpha value is -3.77. The van der Waals surface area contributed by atoms with Crippen molar-refractivity contribution in [2.45, 2.75) is 60.3 Å². The maximum atomic E-state index is 3.55. The number of anilines is 2. The number of rotatable bonds is 13. The van der Waals surface area contributed by atoms with Crippen LogP contribution in [0.25, 0.3) is 16.3 Å². The molecule has 0 fully saturated rings. The number of unbranched alkanes of at least 4 members (excludes halogenated alkanes) is 3. The van der Waals surface area contributed by atoms with Crippen molar-refractivity contribution in [2.24, 2.45) is 0 Å². The molecule has 0 heterocycles. The Morgan fingerprint density at radius 3 is 2.15 bits per heavy atom. The molecule has 0 atom stereocenters. The molecule has 0 aromatic heterocycles. The van der Waals surface area contributed by atoms with Crippen molar-refractivity contribution >= 4 is 33.4 Å². The highest BCUT2D eigenvalue weighted by atomic mass is 15.1. The predicted molar refractivity (Wildman–Crippen MR) is 176 cm³/mol. The first-order valence-corrected chi connectivity index (χ1v) is 15.3. The van der Waals surface area contributed by atoms with Crippen LogP contribution >= 0.6 is 0 Å². The summed E-state index contributed by atoms with van der Waals surface area (Å²) >= 11 is 0. The summed E-state index contributed by atoms with van der Waals surface area (Å²) in [5, 5.41) is 6.03. The van der Waals surface area contributed by atoms with Crippen LogP contribution in [0.1, 0.15) is 71.4 Å². The van der Waals surface area contributed by atoms with E-state index in [0.29, 0.717) is 0 Å². The summed E-state index contributed by atoms with van der Waals surface area (Å²) in [6.45, 7) is 16.0. The quantitative estimate of drug-likeness (QED) is 0.135. The zero-order valence-electron chi connectivity index (χ0n) is 25.2. The summed E-state index contributed by atoms with van der Waals surface area (Å²) < 4.78 is 2.31. The molecular formula is C37H46N3+. The van der Waals surface area contributed by atoms with Gasteiger partial charge in [-0.2, -0.15) is 0 Å². The van der Waals surface area contributed by atoms with Crippen LogP contribution in [-0.2, 0) is 0 Å². The van der Waals surface area contributed by atoms with E-state index in [1.54, 1.807) is 0 Å². The molecule has 0 unspecified atom stereocenters. The normalized spacial score (nSPS) is 13.7. The second-order valence-corrected chi connectivity index (χ2v) is 10.4. The molecule has 0 spiro atoms. The van der Waals surface area contributed by atoms with Gasteiger partial charge in [0.1, 0.15) is 13.1 Å². The fourth-order valence-electron chi connectivity index (χ4n) is 5.63. The molecule has 0 bridgehead atoms. The monoisotopic (exact) mass is 532 g/mol. The average Bonchev–Trinajstić information content (AvgIpc) is 3.00. The van der Waals surface area contributed by atoms with Crippen LogP contribution in [0.15, 0.2) is 78.4 Å². The smallest absolute Gasteiger partial charge is 0.251 e. The molecule has 208 valence electrons. The number of benzene rings is 3. The van der Waals surface area contributed by atoms with Gasteiger partial charge in [0.25, 0.3) is 5.71 Å². The lowest BCUT2D eigenvalue weighted by Crippen LogP contribution is -2.23. The van der Waals surface area contributed by atoms with E-state index < -0.39 is 0 Å². The van der Waals surface area contributed by atoms with Crippen LogP contribution in [0.2, 0.25) is 0 Å². The molecule has 1 aliphatic carbocycles. The van der Waals surface area contributed by atoms with Crippen molar-refractivity contribution in [1.82, 2.24) is 0 Å². The van der Waals surface area contributed by atoms with E-state index in [1.165, 1.54) is 64.5 Å². The van der Waals surface area contributed by atoms with Crippen molar-refractivity contribution in [2.75, 3.05) is 42.9 Å². The molecule has 0 amide bonds. The van der Waals surface area contributed by atoms with E-state index in [4.69, 9.17) is 0 Å². The Morgan fingerprint density at radius 1 is 0.775 bits per heavy atom. The Bertz CT molecular complexity index is 1440. The number of nitrogens with zero attached hydrogens (tertiary/aromatic N) is 2. The van der Waals surface area contributed by atoms with Crippen molar-refractivity contribution < 1.29 is 4.58 Å². The molecule has 3 aromatic carbocycles. The fourth-order valence-corrected chi connectivity index (χ4v) is 5.63. The molecule has 3 nitrogen and oxygen atoms in total. The lowest BCUT2D eigenvalue weighted by atomic mass is 9.88. The minimum Gasteiger partial charge on any atom is -0.385 e. The zero-order valence-corrected chi connectivity index (χ0v) is 25.2. The molecule has 40 heavy (non-hydrogen) atoms. The molecule has 3 aromatic rings. The predicted octanol–water partition coefficient (Wildman–Crippen LogP) is 8.55. The molecular weight excluding hydrogens is 486 g/mol. The lowest BCUT2D eigenvalue weighted by Gasteiger charge is -2.24. The van der Waals surface area contributed by atoms with Crippen molar-refractivity contribution in [1.29, 1.82) is 0 Å². The van der Waals surface area contributed by atoms with Gasteiger partial charge in [-0.15, -0.1) is 0 Å². The van der Waals surface area contributed by atoms with Crippen LogP contribution < -0.4 is 10.2 Å². The van der Waals surface area contributed by atoms with Crippen molar-refractivity contribution in [3.05, 3.63) is 89.5 Å². The molecule has 0 radical (unpaired) electrons. The van der Waals surface area contributed by atoms with Gasteiger partial charge in [0.05, 0.1) is 0 Å². The topological polar surface area (TPSA) is 18.3 Å². The van der Waals surface area contributed by atoms with Crippen LogP contribution in [0, 0.1) is 11.8 Å². The second kappa shape index (κ2) is 14.6. The van der Waals surface area contributed by atoms with Crippen LogP contribution in [0.5, 0.6) is 0 Å². The average molecular weight is 533 g/mol. The number of fused-ring (bicyclic) bond motifs is 1. The van der Waals surface area contributed by atoms with Gasteiger partial charge in [0.15, 0.2) is 0 Å². The SMILES string of the molecule is CCCCCCN(CC)c1ccc(/C(=C2\C#CC(=[N+](CC)CC)C=C2)c2ccc(NCC)c3ccccc23)cc1. The van der Waals surface area contributed by atoms with Gasteiger partial charge < -0.3 is 10.2 Å². The maximum Gasteiger partial charge on any atom is 0.251 e. The third-order valence-corrected chi connectivity index (χ3v) is 7.85. The third-order valence-electron chi connectivity index (χ3n) is 7.85. The molecule has 0 saturated carbocycles. The Balaban J connectivity index is 1.83. The molecule has 0 saturated heterocycles. The third kappa shape index (κ3) is 6.68. The van der Waals surface area contributed by atoms with Gasteiger partial charge >= 0.3 is 0 Å². The highest BCUT2D eigenvalue weighted by Gasteiger charge is 2.18. The largest absolute Gasteiger partial charge is 0.385 e. The number of allylic oxidation sites excluding steroid dienone is 3. The van der Waals surface area contributed by atoms with E-state index in [-0.39, 0.29) is 0 Å². The van der Waals surface area contributed by atoms with Gasteiger partial charge in [-0.25, -0.2) is 4.58 Å². The zero-order chi connectivity index (χ0) is 28.3. The lowest BCUT2D eigenvalue weighted by molar-refractivity contribution is -0.518. The summed E-state index contributed by atoms with van der Waals surface area (Å²) in [4.78, 5) is 2.50. The van der Waals surface area contributed by atoms with Gasteiger partial charge in [0, 0.05) is 59.5 Å². The fraction of sp³-hybridized carbons (Fsp3) is 0.378.